The molecule has 0 radical (unpaired) electrons. The minimum absolute atomic E-state index is 0.0575. The van der Waals surface area contributed by atoms with Crippen LogP contribution in [0.1, 0.15) is 0 Å². The maximum absolute atomic E-state index is 6.05. The predicted molar refractivity (Wildman–Crippen MR) is 112 cm³/mol. The van der Waals surface area contributed by atoms with E-state index in [2.05, 4.69) is 5.43 Å². The summed E-state index contributed by atoms with van der Waals surface area (Å²) in [6.07, 6.45) is 0. The molecule has 3 fully saturated rings. The molecule has 30 heteroatoms. The van der Waals surface area contributed by atoms with Gasteiger partial charge in [0.15, 0.2) is 31.8 Å². The van der Waals surface area contributed by atoms with Crippen LogP contribution in [0.4, 0.5) is 0 Å². The highest BCUT2D eigenvalue weighted by Crippen LogP contribution is 2.42. The highest BCUT2D eigenvalue weighted by Gasteiger charge is 2.75. The van der Waals surface area contributed by atoms with Crippen molar-refractivity contribution in [1.82, 2.24) is 26.9 Å². The number of halogens is 3. The third kappa shape index (κ3) is 6.82. The zero-order chi connectivity index (χ0) is 26.3. The SMILES string of the molecule is CN[N+]12ONO[N+]3(N)ON(C)O[N+](C)(ON(C)N)O[N+](N)(ON(OC1(I)OI)O[N+](N)(OI)O2)O3. The Labute approximate surface area is 235 Å². The number of nitrogens with one attached hydrogen (secondary N) is 2. The second kappa shape index (κ2) is 10.9. The lowest BCUT2D eigenvalue weighted by Gasteiger charge is -2.33. The summed E-state index contributed by atoms with van der Waals surface area (Å²) in [5.74, 6) is 23.4. The van der Waals surface area contributed by atoms with E-state index in [9.17, 15) is 0 Å². The number of nitrogens with zero attached hydrogens (tertiary/aromatic N) is 8. The third-order valence-corrected chi connectivity index (χ3v) is 6.24. The van der Waals surface area contributed by atoms with Crippen LogP contribution in [0.2, 0.25) is 0 Å². The largest absolute Gasteiger partial charge is 0.488 e. The van der Waals surface area contributed by atoms with E-state index in [1.165, 1.54) is 89.7 Å². The number of quaternary nitrogens is 5. The first kappa shape index (κ1) is 30.6. The second-order valence-electron chi connectivity index (χ2n) is 6.04. The van der Waals surface area contributed by atoms with Crippen molar-refractivity contribution >= 4 is 68.6 Å². The smallest absolute Gasteiger partial charge is 0.240 e. The molecular weight excluding hydrogens is 845 g/mol. The van der Waals surface area contributed by atoms with Gasteiger partial charge >= 0.3 is 9.00 Å². The van der Waals surface area contributed by atoms with Crippen LogP contribution in [-0.2, 0) is 60.5 Å². The summed E-state index contributed by atoms with van der Waals surface area (Å²) in [5, 5.41) is -4.60. The number of alkyl halides is 1. The number of nitrogens with two attached hydrogens (primary N) is 4. The Kier molecular flexibility index (Phi) is 9.58. The van der Waals surface area contributed by atoms with E-state index >= 15 is 0 Å². The molecule has 0 aliphatic carbocycles. The first-order valence-corrected chi connectivity index (χ1v) is 11.1. The molecule has 0 aromatic carbocycles. The summed E-state index contributed by atoms with van der Waals surface area (Å²) in [4.78, 5) is 55.2. The molecule has 206 valence electrons. The van der Waals surface area contributed by atoms with Crippen molar-refractivity contribution in [2.45, 2.75) is 3.92 Å². The molecule has 3 rings (SSSR count). The summed E-state index contributed by atoms with van der Waals surface area (Å²) >= 11 is 4.27. The molecule has 0 aromatic rings. The standard InChI is InChI=1S/C5H22I3N14O13/c1-13-19-5(6,23-7)24-17(31-20(10,25-8)34-19)32-22(12)33-18(4,28-15(2)9)29-16(3)30-21(11,35-22)27-14-26-19/h13-14H,9-12H2,1-4H3/q+5. The van der Waals surface area contributed by atoms with Gasteiger partial charge in [-0.05, 0) is 13.0 Å². The number of hydrogen-bond acceptors (Lipinski definition) is 22. The van der Waals surface area contributed by atoms with Crippen molar-refractivity contribution in [3.63, 3.8) is 0 Å². The molecule has 3 heterocycles. The van der Waals surface area contributed by atoms with Gasteiger partial charge in [-0.15, -0.1) is 4.84 Å². The molecular formula is C5H22I3N14O13+5. The summed E-state index contributed by atoms with van der Waals surface area (Å²) in [6.45, 7) is 0. The van der Waals surface area contributed by atoms with E-state index in [1.54, 1.807) is 0 Å². The van der Waals surface area contributed by atoms with Crippen LogP contribution in [0.15, 0.2) is 0 Å². The first-order valence-electron chi connectivity index (χ1n) is 8.29. The number of fused-ring (bicyclic) bond motifs is 5. The molecule has 3 aliphatic rings. The Morgan fingerprint density at radius 3 is 2.29 bits per heavy atom. The molecule has 27 nitrogen and oxygen atoms in total. The Balaban J connectivity index is 2.11. The van der Waals surface area contributed by atoms with Gasteiger partial charge in [-0.2, -0.15) is 0 Å². The van der Waals surface area contributed by atoms with Crippen LogP contribution < -0.4 is 34.4 Å². The number of hydrogen-bond donors (Lipinski definition) is 6. The fourth-order valence-electron chi connectivity index (χ4n) is 2.22. The van der Waals surface area contributed by atoms with E-state index < -0.39 is 29.1 Å². The quantitative estimate of drug-likeness (QED) is 0.0387. The van der Waals surface area contributed by atoms with Gasteiger partial charge in [-0.25, -0.2) is 8.91 Å². The topological polar surface area (TPSA) is 258 Å². The maximum Gasteiger partial charge on any atom is 0.488 e. The Morgan fingerprint density at radius 2 is 1.71 bits per heavy atom. The van der Waals surface area contributed by atoms with Crippen LogP contribution >= 0.6 is 68.6 Å². The van der Waals surface area contributed by atoms with Crippen LogP contribution in [0, 0.1) is 0 Å². The molecule has 0 aromatic heterocycles. The molecule has 7 atom stereocenters. The normalized spacial score (nSPS) is 48.2. The lowest BCUT2D eigenvalue weighted by molar-refractivity contribution is -1.68. The fourth-order valence-corrected chi connectivity index (χ4v) is 3.29. The van der Waals surface area contributed by atoms with Crippen LogP contribution in [0.3, 0.4) is 0 Å². The van der Waals surface area contributed by atoms with E-state index in [0.717, 1.165) is 7.05 Å². The van der Waals surface area contributed by atoms with Crippen molar-refractivity contribution in [1.29, 1.82) is 0 Å². The number of hydrazine groups is 1. The van der Waals surface area contributed by atoms with Crippen molar-refractivity contribution in [2.24, 2.45) is 23.4 Å². The molecule has 0 saturated carbocycles. The lowest BCUT2D eigenvalue weighted by atomic mass is 11.1. The van der Waals surface area contributed by atoms with Crippen molar-refractivity contribution < 1.29 is 85.6 Å². The van der Waals surface area contributed by atoms with Gasteiger partial charge in [0.25, 0.3) is 10.2 Å². The fraction of sp³-hybridized carbons (Fsp3) is 1.00. The van der Waals surface area contributed by atoms with Gasteiger partial charge in [0.2, 0.25) is 28.4 Å². The minimum atomic E-state index is -2.18. The van der Waals surface area contributed by atoms with E-state index in [0.29, 0.717) is 10.4 Å². The molecule has 10 N–H and O–H groups in total. The monoisotopic (exact) mass is 867 g/mol. The summed E-state index contributed by atoms with van der Waals surface area (Å²) < 4.78 is 8.08. The summed E-state index contributed by atoms with van der Waals surface area (Å²) in [7, 11) is 4.87. The van der Waals surface area contributed by atoms with Crippen molar-refractivity contribution in [2.75, 3.05) is 28.2 Å². The van der Waals surface area contributed by atoms with Crippen LogP contribution in [0.25, 0.3) is 0 Å². The van der Waals surface area contributed by atoms with Crippen LogP contribution in [-0.4, -0.2) is 73.0 Å². The van der Waals surface area contributed by atoms with Gasteiger partial charge in [0.1, 0.15) is 23.0 Å². The first-order chi connectivity index (χ1) is 16.1. The zero-order valence-corrected chi connectivity index (χ0v) is 24.3. The molecule has 35 heavy (non-hydrogen) atoms. The van der Waals surface area contributed by atoms with E-state index in [1.807, 2.05) is 5.64 Å². The van der Waals surface area contributed by atoms with Gasteiger partial charge in [0.05, 0.1) is 44.7 Å². The Morgan fingerprint density at radius 1 is 1.03 bits per heavy atom. The van der Waals surface area contributed by atoms with Gasteiger partial charge in [-0.3, -0.25) is 0 Å². The highest BCUT2D eigenvalue weighted by molar-refractivity contribution is 14.1. The van der Waals surface area contributed by atoms with Gasteiger partial charge < -0.3 is 0 Å². The molecule has 0 spiro atoms. The minimum Gasteiger partial charge on any atom is -0.240 e. The summed E-state index contributed by atoms with van der Waals surface area (Å²) in [6, 6.07) is 0. The molecule has 4 bridgehead atoms. The highest BCUT2D eigenvalue weighted by atomic mass is 127. The van der Waals surface area contributed by atoms with Crippen molar-refractivity contribution in [3.05, 3.63) is 0 Å². The van der Waals surface area contributed by atoms with Gasteiger partial charge in [-0.1, -0.05) is 28.1 Å². The van der Waals surface area contributed by atoms with Gasteiger partial charge in [0, 0.05) is 34.6 Å². The number of hydroxylamine groups is 8. The Bertz CT molecular complexity index is 769. The maximum atomic E-state index is 6.05. The average molecular weight is 867 g/mol. The lowest BCUT2D eigenvalue weighted by Crippen LogP contribution is -2.76. The molecule has 3 saturated heterocycles. The average Bonchev–Trinajstić information content (AvgIpc) is 2.78. The van der Waals surface area contributed by atoms with Crippen LogP contribution in [0.5, 0.6) is 0 Å². The zero-order valence-electron chi connectivity index (χ0n) is 17.8. The Hall–Kier alpha value is 1.11. The molecule has 7 unspecified atom stereocenters. The third-order valence-electron chi connectivity index (χ3n) is 3.20. The molecule has 3 aliphatic heterocycles. The molecule has 0 amide bonds. The summed E-state index contributed by atoms with van der Waals surface area (Å²) in [5.41, 5.74) is 4.44. The second-order valence-corrected chi connectivity index (χ2v) is 8.23. The predicted octanol–water partition coefficient (Wildman–Crippen LogP) is -3.78. The van der Waals surface area contributed by atoms with Crippen molar-refractivity contribution in [3.8, 4) is 0 Å². The van der Waals surface area contributed by atoms with E-state index in [-0.39, 0.29) is 5.39 Å². The number of rotatable bonds is 5. The van der Waals surface area contributed by atoms with E-state index in [4.69, 9.17) is 83.8 Å².